The zero-order valence-electron chi connectivity index (χ0n) is 18.4. The Labute approximate surface area is 228 Å². The molecular formula is C25H21Br2FN2O3S2. The molecule has 0 saturated carbocycles. The van der Waals surface area contributed by atoms with Crippen LogP contribution in [0.5, 0.6) is 11.5 Å². The lowest BCUT2D eigenvalue weighted by atomic mass is 10.2. The molecule has 1 fully saturated rings. The number of amides is 1. The van der Waals surface area contributed by atoms with E-state index in [1.54, 1.807) is 12.1 Å². The molecule has 1 amide bonds. The van der Waals surface area contributed by atoms with E-state index in [-0.39, 0.29) is 18.3 Å². The summed E-state index contributed by atoms with van der Waals surface area (Å²) in [4.78, 5) is 12.1. The monoisotopic (exact) mass is 638 g/mol. The molecule has 10 heteroatoms. The molecule has 182 valence electrons. The van der Waals surface area contributed by atoms with E-state index in [1.807, 2.05) is 59.9 Å². The van der Waals surface area contributed by atoms with Gasteiger partial charge in [0.25, 0.3) is 5.91 Å². The van der Waals surface area contributed by atoms with Crippen LogP contribution in [0.3, 0.4) is 0 Å². The van der Waals surface area contributed by atoms with E-state index in [4.69, 9.17) is 9.47 Å². The van der Waals surface area contributed by atoms with Gasteiger partial charge in [0.1, 0.15) is 23.9 Å². The van der Waals surface area contributed by atoms with Gasteiger partial charge >= 0.3 is 0 Å². The molecule has 1 aliphatic rings. The Kier molecular flexibility index (Phi) is 9.53. The number of nitrogens with zero attached hydrogens (tertiary/aromatic N) is 1. The van der Waals surface area contributed by atoms with E-state index in [2.05, 4.69) is 42.4 Å². The van der Waals surface area contributed by atoms with Crippen LogP contribution in [0.1, 0.15) is 21.3 Å². The molecule has 1 N–H and O–H groups in total. The van der Waals surface area contributed by atoms with Crippen LogP contribution in [0.15, 0.2) is 74.7 Å². The molecule has 0 unspecified atom stereocenters. The Hall–Kier alpha value is -2.01. The smallest absolute Gasteiger partial charge is 0.277 e. The first-order chi connectivity index (χ1) is 17.0. The topological polar surface area (TPSA) is 59.9 Å². The van der Waals surface area contributed by atoms with Crippen molar-refractivity contribution in [2.75, 3.05) is 18.1 Å². The van der Waals surface area contributed by atoms with Gasteiger partial charge in [-0.15, -0.1) is 23.5 Å². The van der Waals surface area contributed by atoms with Crippen molar-refractivity contribution in [2.24, 2.45) is 5.10 Å². The summed E-state index contributed by atoms with van der Waals surface area (Å²) in [5.74, 6) is 2.97. The maximum atomic E-state index is 13.1. The molecule has 3 aromatic rings. The number of rotatable bonds is 9. The maximum absolute atomic E-state index is 13.1. The molecule has 0 spiro atoms. The number of nitrogens with one attached hydrogen (secondary N) is 1. The number of benzene rings is 3. The second-order valence-corrected chi connectivity index (χ2v) is 11.9. The van der Waals surface area contributed by atoms with Crippen LogP contribution in [0.25, 0.3) is 0 Å². The summed E-state index contributed by atoms with van der Waals surface area (Å²) in [5.41, 5.74) is 5.33. The van der Waals surface area contributed by atoms with Crippen LogP contribution in [-0.4, -0.2) is 30.2 Å². The van der Waals surface area contributed by atoms with Gasteiger partial charge in [-0.25, -0.2) is 9.82 Å². The van der Waals surface area contributed by atoms with Crippen LogP contribution in [-0.2, 0) is 11.4 Å². The van der Waals surface area contributed by atoms with Crippen LogP contribution >= 0.6 is 55.4 Å². The fourth-order valence-electron chi connectivity index (χ4n) is 3.16. The Balaban J connectivity index is 1.25. The minimum absolute atomic E-state index is 0.132. The molecule has 1 saturated heterocycles. The van der Waals surface area contributed by atoms with Crippen molar-refractivity contribution in [3.63, 3.8) is 0 Å². The van der Waals surface area contributed by atoms with Gasteiger partial charge in [-0.1, -0.05) is 24.3 Å². The maximum Gasteiger partial charge on any atom is 0.277 e. The Morgan fingerprint density at radius 3 is 2.34 bits per heavy atom. The lowest BCUT2D eigenvalue weighted by Gasteiger charge is -2.11. The molecule has 0 radical (unpaired) electrons. The Morgan fingerprint density at radius 1 is 1.03 bits per heavy atom. The van der Waals surface area contributed by atoms with E-state index >= 15 is 0 Å². The molecule has 5 nitrogen and oxygen atoms in total. The zero-order valence-corrected chi connectivity index (χ0v) is 23.2. The summed E-state index contributed by atoms with van der Waals surface area (Å²) in [6.07, 6.45) is 1.53. The van der Waals surface area contributed by atoms with Crippen molar-refractivity contribution in [3.05, 3.63) is 92.1 Å². The summed E-state index contributed by atoms with van der Waals surface area (Å²) in [6.45, 7) is 0.162. The number of halogens is 3. The molecule has 0 aromatic heterocycles. The standard InChI is InChI=1S/C25H21Br2FN2O3S2/c26-21-11-17(12-22(27)24(21)33-14-16-1-5-19(28)6-2-16)13-29-30-23(31)15-32-20-7-3-18(4-8-20)25-34-9-10-35-25/h1-8,11-13,25H,9-10,14-15H2,(H,30,31)/b29-13-. The van der Waals surface area contributed by atoms with E-state index < -0.39 is 0 Å². The second kappa shape index (κ2) is 12.8. The molecule has 3 aromatic carbocycles. The molecule has 1 aliphatic heterocycles. The molecular weight excluding hydrogens is 619 g/mol. The van der Waals surface area contributed by atoms with E-state index in [1.165, 1.54) is 35.4 Å². The molecule has 4 rings (SSSR count). The summed E-state index contributed by atoms with van der Waals surface area (Å²) in [7, 11) is 0. The van der Waals surface area contributed by atoms with Crippen molar-refractivity contribution < 1.29 is 18.7 Å². The summed E-state index contributed by atoms with van der Waals surface area (Å²) in [6, 6.07) is 17.6. The van der Waals surface area contributed by atoms with Gasteiger partial charge < -0.3 is 9.47 Å². The highest BCUT2D eigenvalue weighted by molar-refractivity contribution is 9.11. The van der Waals surface area contributed by atoms with Crippen LogP contribution in [0, 0.1) is 5.82 Å². The Bertz CT molecular complexity index is 1170. The molecule has 35 heavy (non-hydrogen) atoms. The lowest BCUT2D eigenvalue weighted by molar-refractivity contribution is -0.123. The number of carbonyl (C=O) groups is 1. The average molecular weight is 640 g/mol. The minimum atomic E-state index is -0.357. The predicted octanol–water partition coefficient (Wildman–Crippen LogP) is 6.94. The van der Waals surface area contributed by atoms with Gasteiger partial charge in [0.2, 0.25) is 0 Å². The number of thioether (sulfide) groups is 2. The number of hydrazone groups is 1. The summed E-state index contributed by atoms with van der Waals surface area (Å²) in [5, 5.41) is 4.01. The van der Waals surface area contributed by atoms with Gasteiger partial charge in [-0.05, 0) is 84.9 Å². The highest BCUT2D eigenvalue weighted by atomic mass is 79.9. The average Bonchev–Trinajstić information content (AvgIpc) is 3.39. The highest BCUT2D eigenvalue weighted by Crippen LogP contribution is 2.45. The van der Waals surface area contributed by atoms with Crippen LogP contribution in [0.4, 0.5) is 4.39 Å². The van der Waals surface area contributed by atoms with Crippen molar-refractivity contribution >= 4 is 67.5 Å². The third-order valence-corrected chi connectivity index (χ3v) is 9.15. The third-order valence-electron chi connectivity index (χ3n) is 4.86. The van der Waals surface area contributed by atoms with Gasteiger partial charge in [0.05, 0.1) is 19.7 Å². The second-order valence-electron chi connectivity index (χ2n) is 7.45. The number of carbonyl (C=O) groups excluding carboxylic acids is 1. The third kappa shape index (κ3) is 7.73. The Morgan fingerprint density at radius 2 is 1.69 bits per heavy atom. The fourth-order valence-corrected chi connectivity index (χ4v) is 7.47. The molecule has 0 atom stereocenters. The van der Waals surface area contributed by atoms with Crippen molar-refractivity contribution in [1.29, 1.82) is 0 Å². The summed E-state index contributed by atoms with van der Waals surface area (Å²) >= 11 is 10.9. The van der Waals surface area contributed by atoms with E-state index in [9.17, 15) is 9.18 Å². The summed E-state index contributed by atoms with van der Waals surface area (Å²) < 4.78 is 26.4. The quantitative estimate of drug-likeness (QED) is 0.203. The van der Waals surface area contributed by atoms with E-state index in [0.717, 1.165) is 11.1 Å². The van der Waals surface area contributed by atoms with Crippen molar-refractivity contribution in [2.45, 2.75) is 11.2 Å². The lowest BCUT2D eigenvalue weighted by Crippen LogP contribution is -2.24. The first-order valence-electron chi connectivity index (χ1n) is 10.6. The highest BCUT2D eigenvalue weighted by Gasteiger charge is 2.18. The van der Waals surface area contributed by atoms with Gasteiger partial charge in [0, 0.05) is 11.5 Å². The first-order valence-corrected chi connectivity index (χ1v) is 14.3. The minimum Gasteiger partial charge on any atom is -0.487 e. The normalized spacial score (nSPS) is 13.8. The van der Waals surface area contributed by atoms with E-state index in [0.29, 0.717) is 31.6 Å². The SMILES string of the molecule is O=C(COc1ccc(C2SCCS2)cc1)N/N=C\c1cc(Br)c(OCc2ccc(F)cc2)c(Br)c1. The number of ether oxygens (including phenoxy) is 2. The first kappa shape index (κ1) is 26.1. The van der Waals surface area contributed by atoms with Crippen LogP contribution < -0.4 is 14.9 Å². The predicted molar refractivity (Wildman–Crippen MR) is 148 cm³/mol. The van der Waals surface area contributed by atoms with Gasteiger partial charge in [0.15, 0.2) is 6.61 Å². The zero-order chi connectivity index (χ0) is 24.6. The molecule has 0 aliphatic carbocycles. The molecule has 0 bridgehead atoms. The molecule has 1 heterocycles. The van der Waals surface area contributed by atoms with Crippen molar-refractivity contribution in [3.8, 4) is 11.5 Å². The number of hydrogen-bond donors (Lipinski definition) is 1. The fraction of sp³-hybridized carbons (Fsp3) is 0.200. The van der Waals surface area contributed by atoms with Gasteiger partial charge in [-0.2, -0.15) is 5.10 Å². The van der Waals surface area contributed by atoms with Gasteiger partial charge in [-0.3, -0.25) is 4.79 Å². The number of hydrogen-bond acceptors (Lipinski definition) is 6. The van der Waals surface area contributed by atoms with Crippen LogP contribution in [0.2, 0.25) is 0 Å². The largest absolute Gasteiger partial charge is 0.487 e. The van der Waals surface area contributed by atoms with Crippen molar-refractivity contribution in [1.82, 2.24) is 5.43 Å².